The maximum absolute atomic E-state index is 14.2. The minimum Gasteiger partial charge on any atom is -0.453 e. The highest BCUT2D eigenvalue weighted by molar-refractivity contribution is 5.80. The second-order valence-electron chi connectivity index (χ2n) is 7.33. The number of methoxy groups -OCH3 is 1. The van der Waals surface area contributed by atoms with Crippen molar-refractivity contribution >= 4 is 12.1 Å². The summed E-state index contributed by atoms with van der Waals surface area (Å²) in [5.74, 6) is 0.620. The highest BCUT2D eigenvalue weighted by Gasteiger charge is 2.45. The summed E-state index contributed by atoms with van der Waals surface area (Å²) >= 11 is 0. The molecule has 0 bridgehead atoms. The quantitative estimate of drug-likeness (QED) is 0.612. The number of nitrogens with zero attached hydrogens (tertiary/aromatic N) is 2. The number of piperidine rings is 1. The van der Waals surface area contributed by atoms with Crippen LogP contribution in [-0.4, -0.2) is 56.3 Å². The molecule has 148 valence electrons. The molecule has 1 aromatic rings. The van der Waals surface area contributed by atoms with Gasteiger partial charge in [0.05, 0.1) is 13.7 Å². The third-order valence-corrected chi connectivity index (χ3v) is 5.45. The molecule has 1 heterocycles. The molecular formula is C20H29FN4O2. The van der Waals surface area contributed by atoms with E-state index in [4.69, 9.17) is 9.73 Å². The topological polar surface area (TPSA) is 66.0 Å². The summed E-state index contributed by atoms with van der Waals surface area (Å²) in [4.78, 5) is 18.1. The molecule has 0 aromatic heterocycles. The Balaban J connectivity index is 1.59. The summed E-state index contributed by atoms with van der Waals surface area (Å²) < 4.78 is 19.0. The molecule has 1 aromatic carbocycles. The van der Waals surface area contributed by atoms with Gasteiger partial charge in [0.25, 0.3) is 0 Å². The summed E-state index contributed by atoms with van der Waals surface area (Å²) in [7, 11) is 1.41. The molecule has 0 atom stereocenters. The predicted octanol–water partition coefficient (Wildman–Crippen LogP) is 2.64. The van der Waals surface area contributed by atoms with Crippen LogP contribution in [0.1, 0.15) is 38.2 Å². The first-order valence-electron chi connectivity index (χ1n) is 9.71. The van der Waals surface area contributed by atoms with Crippen molar-refractivity contribution in [1.29, 1.82) is 0 Å². The van der Waals surface area contributed by atoms with E-state index in [0.717, 1.165) is 43.8 Å². The van der Waals surface area contributed by atoms with E-state index in [1.165, 1.54) is 13.2 Å². The van der Waals surface area contributed by atoms with Gasteiger partial charge in [-0.1, -0.05) is 18.2 Å². The lowest BCUT2D eigenvalue weighted by Crippen LogP contribution is -2.50. The van der Waals surface area contributed by atoms with Gasteiger partial charge in [-0.05, 0) is 44.2 Å². The van der Waals surface area contributed by atoms with E-state index in [-0.39, 0.29) is 23.4 Å². The van der Waals surface area contributed by atoms with Crippen molar-refractivity contribution in [3.05, 3.63) is 35.6 Å². The van der Waals surface area contributed by atoms with Crippen LogP contribution in [0.15, 0.2) is 29.3 Å². The molecule has 2 fully saturated rings. The largest absolute Gasteiger partial charge is 0.453 e. The number of nitrogens with one attached hydrogen (secondary N) is 2. The van der Waals surface area contributed by atoms with Crippen LogP contribution in [0.4, 0.5) is 9.18 Å². The first-order valence-corrected chi connectivity index (χ1v) is 9.71. The Bertz CT molecular complexity index is 682. The van der Waals surface area contributed by atoms with Crippen molar-refractivity contribution in [2.24, 2.45) is 4.99 Å². The number of benzene rings is 1. The molecule has 0 spiro atoms. The van der Waals surface area contributed by atoms with E-state index in [2.05, 4.69) is 10.6 Å². The van der Waals surface area contributed by atoms with Crippen molar-refractivity contribution in [2.45, 2.75) is 44.1 Å². The van der Waals surface area contributed by atoms with Crippen LogP contribution in [0.2, 0.25) is 0 Å². The van der Waals surface area contributed by atoms with Crippen molar-refractivity contribution < 1.29 is 13.9 Å². The lowest BCUT2D eigenvalue weighted by Gasteiger charge is -2.32. The molecule has 2 aliphatic rings. The average molecular weight is 376 g/mol. The van der Waals surface area contributed by atoms with Crippen molar-refractivity contribution in [3.63, 3.8) is 0 Å². The van der Waals surface area contributed by atoms with Gasteiger partial charge in [0.1, 0.15) is 5.82 Å². The smallest absolute Gasteiger partial charge is 0.409 e. The number of ether oxygens (including phenoxy) is 1. The van der Waals surface area contributed by atoms with E-state index in [9.17, 15) is 9.18 Å². The number of carbonyl (C=O) groups excluding carboxylic acids is 1. The third-order valence-electron chi connectivity index (χ3n) is 5.45. The second-order valence-corrected chi connectivity index (χ2v) is 7.33. The Morgan fingerprint density at radius 3 is 2.63 bits per heavy atom. The zero-order chi connectivity index (χ0) is 19.3. The molecule has 3 rings (SSSR count). The number of carbonyl (C=O) groups is 1. The normalized spacial score (nSPS) is 19.5. The minimum atomic E-state index is -0.269. The van der Waals surface area contributed by atoms with Gasteiger partial charge in [0.2, 0.25) is 0 Å². The third kappa shape index (κ3) is 4.70. The standard InChI is InChI=1S/C20H29FN4O2/c1-3-22-18(24-15-8-12-25(13-9-15)19(26)27-2)23-14-20(10-11-20)16-6-4-5-7-17(16)21/h4-7,15H,3,8-14H2,1-2H3,(H2,22,23,24). The SMILES string of the molecule is CCNC(=NCC1(c2ccccc2F)CC1)NC1CCN(C(=O)OC)CC1. The van der Waals surface area contributed by atoms with Gasteiger partial charge in [0.15, 0.2) is 5.96 Å². The lowest BCUT2D eigenvalue weighted by molar-refractivity contribution is 0.111. The molecular weight excluding hydrogens is 347 g/mol. The van der Waals surface area contributed by atoms with Crippen LogP contribution in [-0.2, 0) is 10.2 Å². The number of halogens is 1. The molecule has 1 saturated heterocycles. The molecule has 1 aliphatic carbocycles. The lowest BCUT2D eigenvalue weighted by atomic mass is 9.95. The van der Waals surface area contributed by atoms with Crippen LogP contribution >= 0.6 is 0 Å². The molecule has 0 radical (unpaired) electrons. The fourth-order valence-corrected chi connectivity index (χ4v) is 3.63. The molecule has 0 unspecified atom stereocenters. The van der Waals surface area contributed by atoms with E-state index in [1.54, 1.807) is 11.0 Å². The Labute approximate surface area is 160 Å². The van der Waals surface area contributed by atoms with Crippen molar-refractivity contribution in [3.8, 4) is 0 Å². The van der Waals surface area contributed by atoms with Gasteiger partial charge >= 0.3 is 6.09 Å². The van der Waals surface area contributed by atoms with Gasteiger partial charge < -0.3 is 20.3 Å². The number of hydrogen-bond acceptors (Lipinski definition) is 3. The number of hydrogen-bond donors (Lipinski definition) is 2. The molecule has 1 amide bonds. The molecule has 1 saturated carbocycles. The predicted molar refractivity (Wildman–Crippen MR) is 103 cm³/mol. The molecule has 7 heteroatoms. The first kappa shape index (κ1) is 19.5. The summed E-state index contributed by atoms with van der Waals surface area (Å²) in [5.41, 5.74) is 0.609. The Morgan fingerprint density at radius 2 is 2.04 bits per heavy atom. The number of guanidine groups is 1. The first-order chi connectivity index (χ1) is 13.1. The van der Waals surface area contributed by atoms with E-state index in [0.29, 0.717) is 19.6 Å². The highest BCUT2D eigenvalue weighted by atomic mass is 19.1. The Kier molecular flexibility index (Phi) is 6.19. The van der Waals surface area contributed by atoms with Crippen LogP contribution in [0, 0.1) is 5.82 Å². The maximum Gasteiger partial charge on any atom is 0.409 e. The second kappa shape index (κ2) is 8.59. The van der Waals surface area contributed by atoms with Crippen molar-refractivity contribution in [1.82, 2.24) is 15.5 Å². The van der Waals surface area contributed by atoms with Gasteiger partial charge in [0, 0.05) is 31.1 Å². The summed E-state index contributed by atoms with van der Waals surface area (Å²) in [5, 5.41) is 6.75. The molecule has 1 aliphatic heterocycles. The number of amides is 1. The van der Waals surface area contributed by atoms with E-state index in [1.807, 2.05) is 19.1 Å². The summed E-state index contributed by atoms with van der Waals surface area (Å²) in [6.45, 7) is 4.70. The van der Waals surface area contributed by atoms with E-state index >= 15 is 0 Å². The Morgan fingerprint density at radius 1 is 1.33 bits per heavy atom. The fourth-order valence-electron chi connectivity index (χ4n) is 3.63. The monoisotopic (exact) mass is 376 g/mol. The van der Waals surface area contributed by atoms with Crippen LogP contribution < -0.4 is 10.6 Å². The maximum atomic E-state index is 14.2. The zero-order valence-electron chi connectivity index (χ0n) is 16.1. The van der Waals surface area contributed by atoms with Gasteiger partial charge in [-0.2, -0.15) is 0 Å². The van der Waals surface area contributed by atoms with Gasteiger partial charge in [-0.15, -0.1) is 0 Å². The average Bonchev–Trinajstić information content (AvgIpc) is 3.47. The Hall–Kier alpha value is -2.31. The van der Waals surface area contributed by atoms with Crippen LogP contribution in [0.3, 0.4) is 0 Å². The summed E-state index contributed by atoms with van der Waals surface area (Å²) in [6, 6.07) is 7.27. The molecule has 2 N–H and O–H groups in total. The fraction of sp³-hybridized carbons (Fsp3) is 0.600. The zero-order valence-corrected chi connectivity index (χ0v) is 16.1. The van der Waals surface area contributed by atoms with Crippen LogP contribution in [0.25, 0.3) is 0 Å². The van der Waals surface area contributed by atoms with Crippen molar-refractivity contribution in [2.75, 3.05) is 33.3 Å². The van der Waals surface area contributed by atoms with Gasteiger partial charge in [-0.3, -0.25) is 4.99 Å². The molecule has 27 heavy (non-hydrogen) atoms. The van der Waals surface area contributed by atoms with Crippen LogP contribution in [0.5, 0.6) is 0 Å². The molecule has 6 nitrogen and oxygen atoms in total. The van der Waals surface area contributed by atoms with E-state index < -0.39 is 0 Å². The number of likely N-dealkylation sites (tertiary alicyclic amines) is 1. The minimum absolute atomic E-state index is 0.140. The number of rotatable bonds is 5. The highest BCUT2D eigenvalue weighted by Crippen LogP contribution is 2.49. The summed E-state index contributed by atoms with van der Waals surface area (Å²) in [6.07, 6.45) is 3.35. The van der Waals surface area contributed by atoms with Gasteiger partial charge in [-0.25, -0.2) is 9.18 Å². The number of aliphatic imine (C=N–C) groups is 1.